The molecular weight excluding hydrogens is 344 g/mol. The van der Waals surface area contributed by atoms with E-state index in [1.54, 1.807) is 31.7 Å². The zero-order valence-electron chi connectivity index (χ0n) is 15.4. The molecule has 1 aromatic rings. The van der Waals surface area contributed by atoms with Crippen molar-refractivity contribution >= 4 is 29.5 Å². The van der Waals surface area contributed by atoms with E-state index in [-0.39, 0.29) is 11.8 Å². The fraction of sp³-hybridized carbons (Fsp3) is 0.706. The van der Waals surface area contributed by atoms with Crippen molar-refractivity contribution in [1.29, 1.82) is 0 Å². The summed E-state index contributed by atoms with van der Waals surface area (Å²) >= 11 is 1.64. The summed E-state index contributed by atoms with van der Waals surface area (Å²) in [7, 11) is 1.32. The number of nitrogens with one attached hydrogen (secondary N) is 1. The van der Waals surface area contributed by atoms with Gasteiger partial charge in [-0.25, -0.2) is 0 Å². The van der Waals surface area contributed by atoms with Gasteiger partial charge in [-0.1, -0.05) is 5.16 Å². The second-order valence-corrected chi connectivity index (χ2v) is 9.01. The number of anilines is 1. The van der Waals surface area contributed by atoms with Gasteiger partial charge in [0.2, 0.25) is 11.8 Å². The van der Waals surface area contributed by atoms with Gasteiger partial charge in [0, 0.05) is 24.5 Å². The lowest BCUT2D eigenvalue weighted by Crippen LogP contribution is -2.37. The fourth-order valence-electron chi connectivity index (χ4n) is 2.51. The number of hydrogen-bond donors (Lipinski definition) is 1. The van der Waals surface area contributed by atoms with Crippen LogP contribution in [-0.4, -0.2) is 47.4 Å². The number of carbonyl (C=O) groups excluding carboxylic acids is 2. The third-order valence-corrected chi connectivity index (χ3v) is 5.84. The summed E-state index contributed by atoms with van der Waals surface area (Å²) in [4.78, 5) is 24.5. The zero-order chi connectivity index (χ0) is 18.7. The third-order valence-electron chi connectivity index (χ3n) is 4.26. The maximum Gasteiger partial charge on any atom is 0.317 e. The Morgan fingerprint density at radius 2 is 1.92 bits per heavy atom. The van der Waals surface area contributed by atoms with Gasteiger partial charge in [-0.2, -0.15) is 0 Å². The van der Waals surface area contributed by atoms with Crippen LogP contribution in [0.1, 0.15) is 46.2 Å². The Bertz CT molecular complexity index is 620. The van der Waals surface area contributed by atoms with Crippen LogP contribution in [0.4, 0.5) is 5.88 Å². The highest BCUT2D eigenvalue weighted by Crippen LogP contribution is 2.35. The number of nitrogens with zero attached hydrogens (tertiary/aromatic N) is 1. The molecule has 2 heterocycles. The average Bonchev–Trinajstić information content (AvgIpc) is 3.03. The largest absolute Gasteiger partial charge is 0.468 e. The number of thioether (sulfide) groups is 1. The Morgan fingerprint density at radius 1 is 1.28 bits per heavy atom. The Hall–Kier alpha value is -1.54. The molecule has 1 amide bonds. The zero-order valence-corrected chi connectivity index (χ0v) is 16.2. The van der Waals surface area contributed by atoms with Crippen molar-refractivity contribution in [3.8, 4) is 0 Å². The number of ether oxygens (including phenoxy) is 2. The smallest absolute Gasteiger partial charge is 0.317 e. The molecule has 7 nitrogen and oxygen atoms in total. The van der Waals surface area contributed by atoms with Crippen molar-refractivity contribution in [3.05, 3.63) is 11.8 Å². The van der Waals surface area contributed by atoms with Gasteiger partial charge < -0.3 is 14.0 Å². The molecular formula is C17H26N2O5S. The number of carbonyl (C=O) groups is 2. The molecule has 0 aromatic carbocycles. The van der Waals surface area contributed by atoms with Gasteiger partial charge in [-0.3, -0.25) is 14.9 Å². The topological polar surface area (TPSA) is 90.7 Å². The molecule has 0 aliphatic carbocycles. The SMILES string of the molecule is COC(=O)C(C)(C)c1cc(NC(=O)C(C)(C)SC2CCOCC2)on1. The Morgan fingerprint density at radius 3 is 2.52 bits per heavy atom. The summed E-state index contributed by atoms with van der Waals surface area (Å²) in [6, 6.07) is 1.56. The van der Waals surface area contributed by atoms with Crippen molar-refractivity contribution in [2.45, 2.75) is 55.9 Å². The molecule has 8 heteroatoms. The summed E-state index contributed by atoms with van der Waals surface area (Å²) < 4.78 is 14.7. The maximum atomic E-state index is 12.6. The van der Waals surface area contributed by atoms with E-state index in [0.717, 1.165) is 26.1 Å². The van der Waals surface area contributed by atoms with Crippen LogP contribution >= 0.6 is 11.8 Å². The van der Waals surface area contributed by atoms with Crippen LogP contribution in [0.5, 0.6) is 0 Å². The molecule has 1 N–H and O–H groups in total. The van der Waals surface area contributed by atoms with Crippen molar-refractivity contribution in [2.75, 3.05) is 25.6 Å². The number of esters is 1. The van der Waals surface area contributed by atoms with Crippen LogP contribution in [0.25, 0.3) is 0 Å². The van der Waals surface area contributed by atoms with E-state index in [9.17, 15) is 9.59 Å². The normalized spacial score (nSPS) is 16.5. The first-order valence-corrected chi connectivity index (χ1v) is 9.17. The quantitative estimate of drug-likeness (QED) is 0.770. The van der Waals surface area contributed by atoms with E-state index >= 15 is 0 Å². The summed E-state index contributed by atoms with van der Waals surface area (Å²) in [5.41, 5.74) is -0.544. The highest BCUT2D eigenvalue weighted by atomic mass is 32.2. The minimum atomic E-state index is -0.951. The maximum absolute atomic E-state index is 12.6. The van der Waals surface area contributed by atoms with Crippen molar-refractivity contribution in [3.63, 3.8) is 0 Å². The third kappa shape index (κ3) is 4.76. The summed E-state index contributed by atoms with van der Waals surface area (Å²) in [5.74, 6) is -0.366. The molecule has 1 aliphatic rings. The second kappa shape index (κ2) is 7.78. The van der Waals surface area contributed by atoms with Gasteiger partial charge in [0.25, 0.3) is 0 Å². The fourth-order valence-corrected chi connectivity index (χ4v) is 3.93. The van der Waals surface area contributed by atoms with E-state index < -0.39 is 16.1 Å². The lowest BCUT2D eigenvalue weighted by Gasteiger charge is -2.30. The molecule has 25 heavy (non-hydrogen) atoms. The van der Waals surface area contributed by atoms with E-state index in [1.807, 2.05) is 13.8 Å². The molecule has 1 aromatic heterocycles. The van der Waals surface area contributed by atoms with Crippen LogP contribution < -0.4 is 5.32 Å². The predicted octanol–water partition coefficient (Wildman–Crippen LogP) is 2.75. The minimum absolute atomic E-state index is 0.164. The molecule has 1 fully saturated rings. The summed E-state index contributed by atoms with van der Waals surface area (Å²) in [6.45, 7) is 8.63. The lowest BCUT2D eigenvalue weighted by atomic mass is 9.89. The Balaban J connectivity index is 2.01. The Kier molecular flexibility index (Phi) is 6.16. The molecule has 1 saturated heterocycles. The molecule has 0 atom stereocenters. The molecule has 0 unspecified atom stereocenters. The highest BCUT2D eigenvalue weighted by molar-refractivity contribution is 8.02. The first kappa shape index (κ1) is 19.8. The van der Waals surface area contributed by atoms with Crippen molar-refractivity contribution in [1.82, 2.24) is 5.16 Å². The molecule has 0 spiro atoms. The van der Waals surface area contributed by atoms with Crippen LogP contribution in [0, 0.1) is 0 Å². The second-order valence-electron chi connectivity index (χ2n) is 7.09. The van der Waals surface area contributed by atoms with Crippen LogP contribution in [-0.2, 0) is 24.5 Å². The average molecular weight is 370 g/mol. The summed E-state index contributed by atoms with van der Waals surface area (Å²) in [6.07, 6.45) is 1.89. The van der Waals surface area contributed by atoms with Gasteiger partial charge in [-0.05, 0) is 40.5 Å². The predicted molar refractivity (Wildman–Crippen MR) is 95.7 cm³/mol. The first-order valence-electron chi connectivity index (χ1n) is 8.29. The van der Waals surface area contributed by atoms with Crippen LogP contribution in [0.3, 0.4) is 0 Å². The van der Waals surface area contributed by atoms with E-state index in [1.165, 1.54) is 7.11 Å². The van der Waals surface area contributed by atoms with Crippen LogP contribution in [0.15, 0.2) is 10.6 Å². The van der Waals surface area contributed by atoms with E-state index in [4.69, 9.17) is 14.0 Å². The molecule has 0 radical (unpaired) electrons. The molecule has 2 rings (SSSR count). The summed E-state index contributed by atoms with van der Waals surface area (Å²) in [5, 5.41) is 7.04. The highest BCUT2D eigenvalue weighted by Gasteiger charge is 2.36. The number of rotatable bonds is 6. The van der Waals surface area contributed by atoms with Gasteiger partial charge >= 0.3 is 5.97 Å². The van der Waals surface area contributed by atoms with Crippen molar-refractivity contribution < 1.29 is 23.6 Å². The van der Waals surface area contributed by atoms with Crippen molar-refractivity contribution in [2.24, 2.45) is 0 Å². The molecule has 140 valence electrons. The van der Waals surface area contributed by atoms with E-state index in [2.05, 4.69) is 10.5 Å². The number of aromatic nitrogens is 1. The van der Waals surface area contributed by atoms with Gasteiger partial charge in [0.05, 0.1) is 11.9 Å². The minimum Gasteiger partial charge on any atom is -0.468 e. The van der Waals surface area contributed by atoms with Gasteiger partial charge in [-0.15, -0.1) is 11.8 Å². The number of methoxy groups -OCH3 is 1. The lowest BCUT2D eigenvalue weighted by molar-refractivity contribution is -0.146. The molecule has 1 aliphatic heterocycles. The number of amides is 1. The first-order chi connectivity index (χ1) is 11.7. The van der Waals surface area contributed by atoms with Crippen LogP contribution in [0.2, 0.25) is 0 Å². The van der Waals surface area contributed by atoms with E-state index in [0.29, 0.717) is 10.9 Å². The number of hydrogen-bond acceptors (Lipinski definition) is 7. The Labute approximate surface area is 152 Å². The monoisotopic (exact) mass is 370 g/mol. The van der Waals surface area contributed by atoms with Gasteiger partial charge in [0.15, 0.2) is 0 Å². The van der Waals surface area contributed by atoms with Gasteiger partial charge in [0.1, 0.15) is 11.1 Å². The molecule has 0 saturated carbocycles. The molecule has 0 bridgehead atoms. The standard InChI is InChI=1S/C17H26N2O5S/c1-16(2,15(21)22-5)12-10-13(24-19-12)18-14(20)17(3,4)25-11-6-8-23-9-7-11/h10-11H,6-9H2,1-5H3,(H,18,20).